The van der Waals surface area contributed by atoms with E-state index in [9.17, 15) is 13.2 Å². The van der Waals surface area contributed by atoms with Crippen molar-refractivity contribution >= 4 is 11.9 Å². The minimum Gasteiger partial charge on any atom is -0.475 e. The Hall–Kier alpha value is -4.22. The number of carbonyl (C=O) groups is 1. The summed E-state index contributed by atoms with van der Waals surface area (Å²) in [6.07, 6.45) is 0.172. The second kappa shape index (κ2) is 10.8. The van der Waals surface area contributed by atoms with E-state index < -0.39 is 12.1 Å². The van der Waals surface area contributed by atoms with Crippen LogP contribution in [0.5, 0.6) is 0 Å². The number of pyridine rings is 1. The molecule has 0 aliphatic carbocycles. The van der Waals surface area contributed by atoms with Crippen LogP contribution in [0.15, 0.2) is 59.5 Å². The van der Waals surface area contributed by atoms with E-state index in [1.54, 1.807) is 18.7 Å². The number of hydrogen-bond acceptors (Lipinski definition) is 7. The van der Waals surface area contributed by atoms with Crippen LogP contribution in [0.4, 0.5) is 19.1 Å². The Morgan fingerprint density at radius 1 is 1.09 bits per heavy atom. The van der Waals surface area contributed by atoms with Gasteiger partial charge in [0.05, 0.1) is 36.4 Å². The van der Waals surface area contributed by atoms with Gasteiger partial charge < -0.3 is 14.4 Å². The fourth-order valence-corrected chi connectivity index (χ4v) is 3.26. The molecule has 4 rings (SSSR count). The first-order valence-corrected chi connectivity index (χ1v) is 10.4. The number of nitrogens with zero attached hydrogens (tertiary/aromatic N) is 6. The Morgan fingerprint density at radius 2 is 1.83 bits per heavy atom. The summed E-state index contributed by atoms with van der Waals surface area (Å²) in [5, 5.41) is 11.6. The number of hydrogen-bond donors (Lipinski definition) is 1. The summed E-state index contributed by atoms with van der Waals surface area (Å²) in [6, 6.07) is 11.6. The van der Waals surface area contributed by atoms with Crippen molar-refractivity contribution in [2.45, 2.75) is 33.1 Å². The molecule has 1 N–H and O–H groups in total. The van der Waals surface area contributed by atoms with Crippen LogP contribution < -0.4 is 4.90 Å². The quantitative estimate of drug-likeness (QED) is 0.427. The van der Waals surface area contributed by atoms with Crippen molar-refractivity contribution in [1.82, 2.24) is 24.7 Å². The van der Waals surface area contributed by atoms with E-state index in [-0.39, 0.29) is 0 Å². The molecule has 4 aromatic rings. The molecular weight excluding hydrogens is 465 g/mol. The lowest BCUT2D eigenvalue weighted by Gasteiger charge is -2.21. The van der Waals surface area contributed by atoms with Gasteiger partial charge >= 0.3 is 12.1 Å². The fourth-order valence-electron chi connectivity index (χ4n) is 3.26. The first-order valence-electron chi connectivity index (χ1n) is 10.4. The highest BCUT2D eigenvalue weighted by Crippen LogP contribution is 2.26. The van der Waals surface area contributed by atoms with Crippen molar-refractivity contribution in [3.8, 4) is 11.3 Å². The third kappa shape index (κ3) is 6.65. The third-order valence-corrected chi connectivity index (χ3v) is 4.94. The molecule has 0 spiro atoms. The van der Waals surface area contributed by atoms with Crippen LogP contribution >= 0.6 is 0 Å². The van der Waals surface area contributed by atoms with Crippen molar-refractivity contribution in [2.75, 3.05) is 4.90 Å². The van der Waals surface area contributed by atoms with Crippen LogP contribution in [0.2, 0.25) is 0 Å². The van der Waals surface area contributed by atoms with Gasteiger partial charge in [-0.15, -0.1) is 0 Å². The van der Waals surface area contributed by atoms with Gasteiger partial charge in [0.1, 0.15) is 5.76 Å². The number of carboxylic acid groups (broad SMARTS) is 1. The predicted molar refractivity (Wildman–Crippen MR) is 120 cm³/mol. The lowest BCUT2D eigenvalue weighted by Crippen LogP contribution is -2.24. The van der Waals surface area contributed by atoms with Crippen LogP contribution in [0.25, 0.3) is 11.3 Å². The van der Waals surface area contributed by atoms with Gasteiger partial charge in [0, 0.05) is 30.7 Å². The molecule has 0 fully saturated rings. The van der Waals surface area contributed by atoms with Crippen molar-refractivity contribution in [2.24, 2.45) is 7.05 Å². The zero-order chi connectivity index (χ0) is 25.6. The molecular formula is C23H23F3N6O3. The highest BCUT2D eigenvalue weighted by atomic mass is 19.4. The van der Waals surface area contributed by atoms with Crippen molar-refractivity contribution in [3.63, 3.8) is 0 Å². The summed E-state index contributed by atoms with van der Waals surface area (Å²) in [4.78, 5) is 24.8. The zero-order valence-electron chi connectivity index (χ0n) is 19.2. The Bertz CT molecular complexity index is 1260. The van der Waals surface area contributed by atoms with Crippen LogP contribution in [0, 0.1) is 13.8 Å². The fraction of sp³-hybridized carbons (Fsp3) is 0.261. The number of carboxylic acids is 1. The molecule has 0 atom stereocenters. The molecule has 4 aromatic heterocycles. The van der Waals surface area contributed by atoms with Crippen molar-refractivity contribution in [1.29, 1.82) is 0 Å². The van der Waals surface area contributed by atoms with Gasteiger partial charge in [0.2, 0.25) is 5.95 Å². The van der Waals surface area contributed by atoms with E-state index >= 15 is 0 Å². The largest absolute Gasteiger partial charge is 0.490 e. The number of aryl methyl sites for hydroxylation is 2. The lowest BCUT2D eigenvalue weighted by atomic mass is 10.1. The molecule has 0 aromatic carbocycles. The van der Waals surface area contributed by atoms with E-state index in [4.69, 9.17) is 19.3 Å². The minimum absolute atomic E-state index is 0.554. The van der Waals surface area contributed by atoms with E-state index in [0.717, 1.165) is 34.1 Å². The molecule has 0 amide bonds. The lowest BCUT2D eigenvalue weighted by molar-refractivity contribution is -0.192. The maximum Gasteiger partial charge on any atom is 0.490 e. The Balaban J connectivity index is 0.000000429. The molecule has 12 heteroatoms. The summed E-state index contributed by atoms with van der Waals surface area (Å²) in [7, 11) is 1.94. The SMILES string of the molecule is Cc1nn(C)c(C)c1-c1ccnc(N(Cc2ccccn2)Cc2ccco2)n1.O=C(O)C(F)(F)F. The van der Waals surface area contributed by atoms with E-state index in [2.05, 4.69) is 20.0 Å². The average Bonchev–Trinajstić information content (AvgIpc) is 3.41. The van der Waals surface area contributed by atoms with Crippen LogP contribution in [-0.2, 0) is 24.9 Å². The first-order chi connectivity index (χ1) is 16.6. The average molecular weight is 488 g/mol. The van der Waals surface area contributed by atoms with Gasteiger partial charge in [0.25, 0.3) is 0 Å². The van der Waals surface area contributed by atoms with E-state index in [1.165, 1.54) is 0 Å². The van der Waals surface area contributed by atoms with Crippen LogP contribution in [-0.4, -0.2) is 42.0 Å². The molecule has 0 bridgehead atoms. The number of rotatable bonds is 6. The van der Waals surface area contributed by atoms with Crippen LogP contribution in [0.1, 0.15) is 22.8 Å². The van der Waals surface area contributed by atoms with Gasteiger partial charge in [-0.2, -0.15) is 18.3 Å². The number of aromatic nitrogens is 5. The molecule has 4 heterocycles. The van der Waals surface area contributed by atoms with Gasteiger partial charge in [0.15, 0.2) is 0 Å². The Kier molecular flexibility index (Phi) is 7.84. The monoisotopic (exact) mass is 488 g/mol. The van der Waals surface area contributed by atoms with E-state index in [0.29, 0.717) is 19.0 Å². The predicted octanol–water partition coefficient (Wildman–Crippen LogP) is 4.32. The molecule has 35 heavy (non-hydrogen) atoms. The van der Waals surface area contributed by atoms with Gasteiger partial charge in [-0.1, -0.05) is 6.07 Å². The number of anilines is 1. The standard InChI is InChI=1S/C21H22N6O.C2HF3O2/c1-15-20(16(2)26(3)25-15)19-9-11-23-21(24-19)27(14-18-8-6-12-28-18)13-17-7-4-5-10-22-17;3-2(4,5)1(6)7/h4-12H,13-14H2,1-3H3;(H,6,7). The third-order valence-electron chi connectivity index (χ3n) is 4.94. The second-order valence-electron chi connectivity index (χ2n) is 7.47. The second-order valence-corrected chi connectivity index (χ2v) is 7.47. The van der Waals surface area contributed by atoms with Crippen LogP contribution in [0.3, 0.4) is 0 Å². The summed E-state index contributed by atoms with van der Waals surface area (Å²) < 4.78 is 39.2. The molecule has 9 nitrogen and oxygen atoms in total. The normalized spacial score (nSPS) is 11.0. The van der Waals surface area contributed by atoms with Gasteiger partial charge in [-0.25, -0.2) is 14.8 Å². The number of aliphatic carboxylic acids is 1. The Labute approximate surface area is 198 Å². The highest BCUT2D eigenvalue weighted by Gasteiger charge is 2.38. The highest BCUT2D eigenvalue weighted by molar-refractivity contribution is 5.73. The molecule has 0 radical (unpaired) electrons. The summed E-state index contributed by atoms with van der Waals surface area (Å²) in [5.74, 6) is -1.28. The molecule has 184 valence electrons. The van der Waals surface area contributed by atoms with Crippen molar-refractivity contribution in [3.05, 3.63) is 77.9 Å². The molecule has 0 saturated heterocycles. The topological polar surface area (TPSA) is 110 Å². The molecule has 0 aliphatic rings. The van der Waals surface area contributed by atoms with Gasteiger partial charge in [-0.3, -0.25) is 9.67 Å². The summed E-state index contributed by atoms with van der Waals surface area (Å²) in [6.45, 7) is 5.18. The first kappa shape index (κ1) is 25.4. The van der Waals surface area contributed by atoms with Gasteiger partial charge in [-0.05, 0) is 44.2 Å². The Morgan fingerprint density at radius 3 is 2.37 bits per heavy atom. The minimum atomic E-state index is -5.08. The maximum atomic E-state index is 10.6. The molecule has 0 saturated carbocycles. The number of halogens is 3. The van der Waals surface area contributed by atoms with Crippen molar-refractivity contribution < 1.29 is 27.5 Å². The smallest absolute Gasteiger partial charge is 0.475 e. The number of alkyl halides is 3. The molecule has 0 unspecified atom stereocenters. The maximum absolute atomic E-state index is 10.6. The number of furan rings is 1. The summed E-state index contributed by atoms with van der Waals surface area (Å²) >= 11 is 0. The zero-order valence-corrected chi connectivity index (χ0v) is 19.2. The summed E-state index contributed by atoms with van der Waals surface area (Å²) in [5.41, 5.74) is 4.87. The van der Waals surface area contributed by atoms with E-state index in [1.807, 2.05) is 62.0 Å². The molecule has 0 aliphatic heterocycles.